The Morgan fingerprint density at radius 3 is 2.57 bits per heavy atom. The Bertz CT molecular complexity index is 970. The van der Waals surface area contributed by atoms with Crippen LogP contribution in [-0.2, 0) is 4.79 Å². The van der Waals surface area contributed by atoms with Crippen molar-refractivity contribution in [1.82, 2.24) is 5.16 Å². The van der Waals surface area contributed by atoms with E-state index in [1.807, 2.05) is 18.2 Å². The lowest BCUT2D eigenvalue weighted by molar-refractivity contribution is -0.113. The molecule has 0 aliphatic carbocycles. The Morgan fingerprint density at radius 1 is 1.11 bits per heavy atom. The van der Waals surface area contributed by atoms with Gasteiger partial charge in [-0.2, -0.15) is 0 Å². The number of carbonyl (C=O) groups excluding carboxylic acids is 2. The topological polar surface area (TPSA) is 93.5 Å². The number of nitrogens with zero attached hydrogens (tertiary/aromatic N) is 1. The van der Waals surface area contributed by atoms with E-state index in [4.69, 9.17) is 9.26 Å². The lowest BCUT2D eigenvalue weighted by Crippen LogP contribution is -2.14. The molecule has 0 spiro atoms. The Kier molecular flexibility index (Phi) is 6.33. The molecule has 28 heavy (non-hydrogen) atoms. The Hall–Kier alpha value is -3.26. The van der Waals surface area contributed by atoms with Gasteiger partial charge in [-0.05, 0) is 49.4 Å². The van der Waals surface area contributed by atoms with Crippen molar-refractivity contribution in [2.75, 3.05) is 23.5 Å². The van der Waals surface area contributed by atoms with Crippen molar-refractivity contribution < 1.29 is 18.8 Å². The van der Waals surface area contributed by atoms with Crippen LogP contribution in [0.4, 0.5) is 11.5 Å². The zero-order valence-corrected chi connectivity index (χ0v) is 16.2. The van der Waals surface area contributed by atoms with Crippen LogP contribution >= 0.6 is 11.8 Å². The van der Waals surface area contributed by atoms with Crippen molar-refractivity contribution >= 4 is 35.1 Å². The van der Waals surface area contributed by atoms with Gasteiger partial charge in [0.15, 0.2) is 5.82 Å². The van der Waals surface area contributed by atoms with Crippen LogP contribution in [0.5, 0.6) is 5.75 Å². The number of methoxy groups -OCH3 is 1. The second-order valence-electron chi connectivity index (χ2n) is 5.87. The first kappa shape index (κ1) is 19.5. The number of nitrogens with one attached hydrogen (secondary N) is 2. The highest BCUT2D eigenvalue weighted by Gasteiger charge is 2.09. The maximum Gasteiger partial charge on any atom is 0.255 e. The molecule has 0 saturated heterocycles. The predicted molar refractivity (Wildman–Crippen MR) is 108 cm³/mol. The highest BCUT2D eigenvalue weighted by molar-refractivity contribution is 8.00. The van der Waals surface area contributed by atoms with Gasteiger partial charge in [-0.3, -0.25) is 9.59 Å². The zero-order valence-electron chi connectivity index (χ0n) is 15.4. The van der Waals surface area contributed by atoms with Crippen LogP contribution in [0, 0.1) is 6.92 Å². The van der Waals surface area contributed by atoms with Crippen molar-refractivity contribution in [2.24, 2.45) is 0 Å². The lowest BCUT2D eigenvalue weighted by Gasteiger charge is -2.08. The van der Waals surface area contributed by atoms with Crippen molar-refractivity contribution in [3.8, 4) is 5.75 Å². The molecule has 0 aliphatic heterocycles. The summed E-state index contributed by atoms with van der Waals surface area (Å²) in [6.45, 7) is 1.75. The van der Waals surface area contributed by atoms with Gasteiger partial charge in [-0.1, -0.05) is 11.2 Å². The molecule has 0 saturated carbocycles. The maximum absolute atomic E-state index is 12.4. The molecule has 3 rings (SSSR count). The summed E-state index contributed by atoms with van der Waals surface area (Å²) >= 11 is 1.36. The minimum absolute atomic E-state index is 0.189. The van der Waals surface area contributed by atoms with Crippen molar-refractivity contribution in [1.29, 1.82) is 0 Å². The van der Waals surface area contributed by atoms with Gasteiger partial charge in [0.05, 0.1) is 12.9 Å². The largest absolute Gasteiger partial charge is 0.497 e. The minimum Gasteiger partial charge on any atom is -0.497 e. The molecule has 0 bridgehead atoms. The second-order valence-corrected chi connectivity index (χ2v) is 6.92. The summed E-state index contributed by atoms with van der Waals surface area (Å²) in [7, 11) is 1.57. The van der Waals surface area contributed by atoms with Crippen molar-refractivity contribution in [3.63, 3.8) is 0 Å². The molecule has 0 atom stereocenters. The third kappa shape index (κ3) is 5.37. The molecular formula is C20H19N3O4S. The SMILES string of the molecule is COc1ccc(C(=O)Nc2cccc(SCC(=O)Nc3cc(C)on3)c2)cc1. The number of anilines is 2. The van der Waals surface area contributed by atoms with Crippen LogP contribution in [0.25, 0.3) is 0 Å². The molecule has 8 heteroatoms. The summed E-state index contributed by atoms with van der Waals surface area (Å²) in [5, 5.41) is 9.24. The number of thioether (sulfide) groups is 1. The average molecular weight is 397 g/mol. The summed E-state index contributed by atoms with van der Waals surface area (Å²) in [4.78, 5) is 25.2. The Labute approximate surface area is 166 Å². The van der Waals surface area contributed by atoms with Gasteiger partial charge in [-0.25, -0.2) is 0 Å². The molecule has 1 heterocycles. The standard InChI is InChI=1S/C20H19N3O4S/c1-13-10-18(23-27-13)22-19(24)12-28-17-5-3-4-15(11-17)21-20(25)14-6-8-16(26-2)9-7-14/h3-11H,12H2,1-2H3,(H,21,25)(H,22,23,24). The molecule has 2 N–H and O–H groups in total. The second kappa shape index (κ2) is 9.09. The van der Waals surface area contributed by atoms with Crippen LogP contribution in [0.1, 0.15) is 16.1 Å². The van der Waals surface area contributed by atoms with Gasteiger partial charge in [0.1, 0.15) is 11.5 Å². The third-order valence-corrected chi connectivity index (χ3v) is 4.70. The van der Waals surface area contributed by atoms with Crippen LogP contribution in [0.2, 0.25) is 0 Å². The molecular weight excluding hydrogens is 378 g/mol. The lowest BCUT2D eigenvalue weighted by atomic mass is 10.2. The summed E-state index contributed by atoms with van der Waals surface area (Å²) in [5.41, 5.74) is 1.18. The number of benzene rings is 2. The van der Waals surface area contributed by atoms with E-state index in [2.05, 4.69) is 15.8 Å². The van der Waals surface area contributed by atoms with E-state index in [-0.39, 0.29) is 17.6 Å². The molecule has 3 aromatic rings. The van der Waals surface area contributed by atoms with E-state index in [1.165, 1.54) is 11.8 Å². The third-order valence-electron chi connectivity index (χ3n) is 3.71. The predicted octanol–water partition coefficient (Wildman–Crippen LogP) is 3.97. The van der Waals surface area contributed by atoms with Crippen LogP contribution in [0.3, 0.4) is 0 Å². The van der Waals surface area contributed by atoms with Crippen LogP contribution < -0.4 is 15.4 Å². The minimum atomic E-state index is -0.219. The molecule has 0 unspecified atom stereocenters. The Morgan fingerprint density at radius 2 is 1.89 bits per heavy atom. The number of rotatable bonds is 7. The fraction of sp³-hybridized carbons (Fsp3) is 0.150. The van der Waals surface area contributed by atoms with Gasteiger partial charge in [0.25, 0.3) is 5.91 Å². The van der Waals surface area contributed by atoms with E-state index in [0.717, 1.165) is 4.90 Å². The number of hydrogen-bond acceptors (Lipinski definition) is 6. The van der Waals surface area contributed by atoms with Gasteiger partial charge >= 0.3 is 0 Å². The normalized spacial score (nSPS) is 10.4. The fourth-order valence-electron chi connectivity index (χ4n) is 2.36. The van der Waals surface area contributed by atoms with Crippen molar-refractivity contribution in [3.05, 3.63) is 65.9 Å². The number of carbonyl (C=O) groups is 2. The van der Waals surface area contributed by atoms with Gasteiger partial charge < -0.3 is 19.9 Å². The number of aromatic nitrogens is 1. The first-order valence-corrected chi connectivity index (χ1v) is 9.43. The first-order chi connectivity index (χ1) is 13.5. The highest BCUT2D eigenvalue weighted by atomic mass is 32.2. The summed E-state index contributed by atoms with van der Waals surface area (Å²) in [6, 6.07) is 15.8. The van der Waals surface area contributed by atoms with E-state index < -0.39 is 0 Å². The maximum atomic E-state index is 12.4. The molecule has 1 aromatic heterocycles. The van der Waals surface area contributed by atoms with E-state index >= 15 is 0 Å². The zero-order chi connectivity index (χ0) is 19.9. The Balaban J connectivity index is 1.55. The summed E-state index contributed by atoms with van der Waals surface area (Å²) in [6.07, 6.45) is 0. The highest BCUT2D eigenvalue weighted by Crippen LogP contribution is 2.22. The smallest absolute Gasteiger partial charge is 0.255 e. The first-order valence-electron chi connectivity index (χ1n) is 8.45. The summed E-state index contributed by atoms with van der Waals surface area (Å²) in [5.74, 6) is 1.51. The molecule has 2 aromatic carbocycles. The molecule has 144 valence electrons. The molecule has 0 fully saturated rings. The van der Waals surface area contributed by atoms with Gasteiger partial charge in [0, 0.05) is 22.2 Å². The van der Waals surface area contributed by atoms with Crippen LogP contribution in [0.15, 0.2) is 64.0 Å². The van der Waals surface area contributed by atoms with E-state index in [0.29, 0.717) is 28.6 Å². The van der Waals surface area contributed by atoms with Crippen LogP contribution in [-0.4, -0.2) is 29.8 Å². The number of ether oxygens (including phenoxy) is 1. The monoisotopic (exact) mass is 397 g/mol. The van der Waals surface area contributed by atoms with E-state index in [9.17, 15) is 9.59 Å². The quantitative estimate of drug-likeness (QED) is 0.586. The number of aryl methyl sites for hydroxylation is 1. The molecule has 2 amide bonds. The van der Waals surface area contributed by atoms with E-state index in [1.54, 1.807) is 50.4 Å². The van der Waals surface area contributed by atoms with Gasteiger partial charge in [-0.15, -0.1) is 11.8 Å². The molecule has 0 radical (unpaired) electrons. The number of amides is 2. The van der Waals surface area contributed by atoms with Crippen molar-refractivity contribution in [2.45, 2.75) is 11.8 Å². The summed E-state index contributed by atoms with van der Waals surface area (Å²) < 4.78 is 10.0. The van der Waals surface area contributed by atoms with Gasteiger partial charge in [0.2, 0.25) is 5.91 Å². The molecule has 7 nitrogen and oxygen atoms in total. The number of hydrogen-bond donors (Lipinski definition) is 2. The average Bonchev–Trinajstić information content (AvgIpc) is 3.11. The molecule has 0 aliphatic rings. The fourth-order valence-corrected chi connectivity index (χ4v) is 3.12.